The number of carbonyl (C=O) groups is 1. The predicted octanol–water partition coefficient (Wildman–Crippen LogP) is 0.597. The highest BCUT2D eigenvalue weighted by atomic mass is 32.2. The van der Waals surface area contributed by atoms with Gasteiger partial charge in [0.15, 0.2) is 6.61 Å². The van der Waals surface area contributed by atoms with Crippen molar-refractivity contribution in [3.05, 3.63) is 29.8 Å². The summed E-state index contributed by atoms with van der Waals surface area (Å²) in [5.41, 5.74) is 0.660. The molecular weight excluding hydrogens is 268 g/mol. The van der Waals surface area contributed by atoms with Crippen molar-refractivity contribution in [3.63, 3.8) is 0 Å². The molecule has 0 spiro atoms. The van der Waals surface area contributed by atoms with Crippen molar-refractivity contribution in [2.24, 2.45) is 0 Å². The van der Waals surface area contributed by atoms with Gasteiger partial charge in [-0.1, -0.05) is 12.1 Å². The topological polar surface area (TPSA) is 96.3 Å². The fourth-order valence-corrected chi connectivity index (χ4v) is 1.85. The molecule has 19 heavy (non-hydrogen) atoms. The summed E-state index contributed by atoms with van der Waals surface area (Å²) in [4.78, 5) is 11.5. The molecule has 0 bridgehead atoms. The molecule has 0 aliphatic rings. The molecule has 0 aromatic heterocycles. The van der Waals surface area contributed by atoms with Gasteiger partial charge in [-0.05, 0) is 24.6 Å². The highest BCUT2D eigenvalue weighted by Crippen LogP contribution is 2.12. The zero-order valence-corrected chi connectivity index (χ0v) is 11.2. The number of sulfonamides is 1. The van der Waals surface area contributed by atoms with Crippen LogP contribution in [0.15, 0.2) is 24.3 Å². The molecule has 0 heterocycles. The molecule has 0 atom stereocenters. The average molecular weight is 282 g/mol. The normalized spacial score (nSPS) is 10.5. The minimum Gasteiger partial charge on any atom is -0.479 e. The molecule has 102 valence electrons. The lowest BCUT2D eigenvalue weighted by atomic mass is 10.1. The lowest BCUT2D eigenvalue weighted by molar-refractivity contribution is -0.118. The van der Waals surface area contributed by atoms with E-state index in [0.29, 0.717) is 11.3 Å². The zero-order chi connectivity index (χ0) is 14.3. The Kier molecular flexibility index (Phi) is 5.33. The van der Waals surface area contributed by atoms with E-state index in [4.69, 9.17) is 10.00 Å². The maximum Gasteiger partial charge on any atom is 0.237 e. The van der Waals surface area contributed by atoms with Crippen LogP contribution in [0.2, 0.25) is 0 Å². The number of nitriles is 1. The van der Waals surface area contributed by atoms with Crippen molar-refractivity contribution in [2.75, 3.05) is 12.4 Å². The molecule has 0 aliphatic heterocycles. The second kappa shape index (κ2) is 6.75. The van der Waals surface area contributed by atoms with Crippen LogP contribution < -0.4 is 9.46 Å². The van der Waals surface area contributed by atoms with Gasteiger partial charge in [-0.2, -0.15) is 5.26 Å². The van der Waals surface area contributed by atoms with Crippen molar-refractivity contribution >= 4 is 15.9 Å². The molecule has 1 amide bonds. The Bertz CT molecular complexity index is 573. The Morgan fingerprint density at radius 2 is 2.00 bits per heavy atom. The summed E-state index contributed by atoms with van der Waals surface area (Å²) in [6.45, 7) is 1.41. The van der Waals surface area contributed by atoms with Crippen molar-refractivity contribution in [2.45, 2.75) is 13.3 Å². The van der Waals surface area contributed by atoms with Gasteiger partial charge in [0.1, 0.15) is 11.8 Å². The van der Waals surface area contributed by atoms with Gasteiger partial charge in [-0.15, -0.1) is 0 Å². The summed E-state index contributed by atoms with van der Waals surface area (Å²) < 4.78 is 29.4. The van der Waals surface area contributed by atoms with E-state index in [1.807, 2.05) is 10.8 Å². The number of carbonyl (C=O) groups excluding carboxylic acids is 1. The maximum atomic E-state index is 11.5. The fourth-order valence-electron chi connectivity index (χ4n) is 1.29. The van der Waals surface area contributed by atoms with Crippen LogP contribution >= 0.6 is 0 Å². The predicted molar refractivity (Wildman–Crippen MR) is 68.9 cm³/mol. The van der Waals surface area contributed by atoms with E-state index in [1.54, 1.807) is 24.3 Å². The number of hydrogen-bond donors (Lipinski definition) is 1. The SMILES string of the molecule is CCS(=O)(=O)NC(=O)Cc1ccc(OCC#N)cc1. The lowest BCUT2D eigenvalue weighted by Crippen LogP contribution is -2.32. The number of hydrogen-bond acceptors (Lipinski definition) is 5. The molecule has 1 aromatic rings. The number of nitrogens with one attached hydrogen (secondary N) is 1. The van der Waals surface area contributed by atoms with E-state index in [-0.39, 0.29) is 18.8 Å². The van der Waals surface area contributed by atoms with Gasteiger partial charge in [0.25, 0.3) is 0 Å². The summed E-state index contributed by atoms with van der Waals surface area (Å²) in [5.74, 6) is -0.195. The first-order chi connectivity index (χ1) is 8.96. The molecule has 0 saturated heterocycles. The monoisotopic (exact) mass is 282 g/mol. The van der Waals surface area contributed by atoms with Crippen LogP contribution in [0.4, 0.5) is 0 Å². The number of benzene rings is 1. The maximum absolute atomic E-state index is 11.5. The van der Waals surface area contributed by atoms with E-state index in [9.17, 15) is 13.2 Å². The third-order valence-corrected chi connectivity index (χ3v) is 3.54. The Balaban J connectivity index is 2.59. The van der Waals surface area contributed by atoms with Gasteiger partial charge in [0.2, 0.25) is 15.9 Å². The molecule has 0 unspecified atom stereocenters. The third kappa shape index (κ3) is 5.40. The minimum absolute atomic E-state index is 0.0300. The average Bonchev–Trinajstić information content (AvgIpc) is 2.37. The molecule has 1 aromatic carbocycles. The summed E-state index contributed by atoms with van der Waals surface area (Å²) in [6, 6.07) is 8.37. The van der Waals surface area contributed by atoms with Crippen LogP contribution in [0.1, 0.15) is 12.5 Å². The second-order valence-electron chi connectivity index (χ2n) is 3.70. The van der Waals surface area contributed by atoms with Gasteiger partial charge < -0.3 is 4.74 Å². The molecule has 1 rings (SSSR count). The first-order valence-corrected chi connectivity index (χ1v) is 7.24. The largest absolute Gasteiger partial charge is 0.479 e. The van der Waals surface area contributed by atoms with Gasteiger partial charge >= 0.3 is 0 Å². The van der Waals surface area contributed by atoms with Gasteiger partial charge in [0.05, 0.1) is 12.2 Å². The van der Waals surface area contributed by atoms with Crippen molar-refractivity contribution < 1.29 is 17.9 Å². The van der Waals surface area contributed by atoms with Crippen LogP contribution in [0.3, 0.4) is 0 Å². The molecule has 7 heteroatoms. The van der Waals surface area contributed by atoms with Gasteiger partial charge in [-0.25, -0.2) is 8.42 Å². The molecule has 0 saturated carbocycles. The first kappa shape index (κ1) is 15.0. The van der Waals surface area contributed by atoms with Gasteiger partial charge in [0, 0.05) is 0 Å². The van der Waals surface area contributed by atoms with Crippen molar-refractivity contribution in [1.82, 2.24) is 4.72 Å². The Morgan fingerprint density at radius 1 is 1.37 bits per heavy atom. The van der Waals surface area contributed by atoms with E-state index in [1.165, 1.54) is 6.92 Å². The number of amides is 1. The van der Waals surface area contributed by atoms with Crippen molar-refractivity contribution in [3.8, 4) is 11.8 Å². The van der Waals surface area contributed by atoms with Crippen LogP contribution in [0.25, 0.3) is 0 Å². The Hall–Kier alpha value is -2.07. The van der Waals surface area contributed by atoms with E-state index in [0.717, 1.165) is 0 Å². The van der Waals surface area contributed by atoms with E-state index < -0.39 is 15.9 Å². The fraction of sp³-hybridized carbons (Fsp3) is 0.333. The van der Waals surface area contributed by atoms with Crippen LogP contribution in [0, 0.1) is 11.3 Å². The van der Waals surface area contributed by atoms with Crippen LogP contribution in [-0.2, 0) is 21.2 Å². The molecule has 1 N–H and O–H groups in total. The molecule has 6 nitrogen and oxygen atoms in total. The summed E-state index contributed by atoms with van der Waals surface area (Å²) in [7, 11) is -3.52. The highest BCUT2D eigenvalue weighted by Gasteiger charge is 2.12. The van der Waals surface area contributed by atoms with E-state index in [2.05, 4.69) is 0 Å². The Labute approximate surface area is 112 Å². The number of ether oxygens (including phenoxy) is 1. The summed E-state index contributed by atoms with van der Waals surface area (Å²) in [5, 5.41) is 8.35. The van der Waals surface area contributed by atoms with Crippen LogP contribution in [0.5, 0.6) is 5.75 Å². The smallest absolute Gasteiger partial charge is 0.237 e. The Morgan fingerprint density at radius 3 is 2.53 bits per heavy atom. The molecular formula is C12H14N2O4S. The summed E-state index contributed by atoms with van der Waals surface area (Å²) in [6.07, 6.45) is -0.0300. The van der Waals surface area contributed by atoms with Crippen molar-refractivity contribution in [1.29, 1.82) is 5.26 Å². The molecule has 0 aliphatic carbocycles. The second-order valence-corrected chi connectivity index (χ2v) is 5.71. The highest BCUT2D eigenvalue weighted by molar-refractivity contribution is 7.90. The van der Waals surface area contributed by atoms with Gasteiger partial charge in [-0.3, -0.25) is 9.52 Å². The quantitative estimate of drug-likeness (QED) is 0.824. The standard InChI is InChI=1S/C12H14N2O4S/c1-2-19(16,17)14-12(15)9-10-3-5-11(6-4-10)18-8-7-13/h3-6H,2,8-9H2,1H3,(H,14,15). The summed E-state index contributed by atoms with van der Waals surface area (Å²) >= 11 is 0. The van der Waals surface area contributed by atoms with Crippen LogP contribution in [-0.4, -0.2) is 26.7 Å². The minimum atomic E-state index is -3.52. The zero-order valence-electron chi connectivity index (χ0n) is 10.4. The number of nitrogens with zero attached hydrogens (tertiary/aromatic N) is 1. The molecule has 0 radical (unpaired) electrons. The third-order valence-electron chi connectivity index (χ3n) is 2.24. The van der Waals surface area contributed by atoms with E-state index >= 15 is 0 Å². The number of rotatable bonds is 6. The lowest BCUT2D eigenvalue weighted by Gasteiger charge is -2.06. The molecule has 0 fully saturated rings. The first-order valence-electron chi connectivity index (χ1n) is 5.59.